The predicted octanol–water partition coefficient (Wildman–Crippen LogP) is 2.49. The standard InChI is InChI=1S/C19H26N2O2/c22-19(23)16-6-2-4-14-3-1-5-15(18(14)16)11-20-17-12-21-9-7-13(17)8-10-21/h2,4,6,13,15,17,20H,1,3,5,7-12H2,(H,22,23)/t15-,17-/m0/s1. The highest BCUT2D eigenvalue weighted by Gasteiger charge is 2.34. The molecule has 5 rings (SSSR count). The Morgan fingerprint density at radius 2 is 2.09 bits per heavy atom. The molecule has 4 aliphatic rings. The van der Waals surface area contributed by atoms with Gasteiger partial charge in [0.25, 0.3) is 0 Å². The third-order valence-electron chi connectivity index (χ3n) is 6.12. The van der Waals surface area contributed by atoms with E-state index in [1.54, 1.807) is 6.07 Å². The lowest BCUT2D eigenvalue weighted by Gasteiger charge is -2.45. The molecule has 3 saturated heterocycles. The highest BCUT2D eigenvalue weighted by molar-refractivity contribution is 5.90. The second-order valence-electron chi connectivity index (χ2n) is 7.43. The zero-order chi connectivity index (χ0) is 15.8. The van der Waals surface area contributed by atoms with Gasteiger partial charge in [0.2, 0.25) is 0 Å². The van der Waals surface area contributed by atoms with Gasteiger partial charge in [-0.25, -0.2) is 4.79 Å². The fraction of sp³-hybridized carbons (Fsp3) is 0.632. The van der Waals surface area contributed by atoms with Gasteiger partial charge in [-0.05, 0) is 74.2 Å². The molecule has 0 saturated carbocycles. The van der Waals surface area contributed by atoms with Crippen molar-refractivity contribution in [3.63, 3.8) is 0 Å². The minimum absolute atomic E-state index is 0.349. The van der Waals surface area contributed by atoms with Gasteiger partial charge in [0.05, 0.1) is 5.56 Å². The zero-order valence-electron chi connectivity index (χ0n) is 13.6. The number of benzene rings is 1. The molecule has 2 N–H and O–H groups in total. The van der Waals surface area contributed by atoms with Crippen molar-refractivity contribution in [1.29, 1.82) is 0 Å². The van der Waals surface area contributed by atoms with E-state index in [4.69, 9.17) is 0 Å². The molecule has 23 heavy (non-hydrogen) atoms. The molecule has 4 nitrogen and oxygen atoms in total. The van der Waals surface area contributed by atoms with Crippen LogP contribution in [0.25, 0.3) is 0 Å². The molecule has 3 heterocycles. The van der Waals surface area contributed by atoms with Crippen molar-refractivity contribution < 1.29 is 9.90 Å². The number of nitrogens with one attached hydrogen (secondary N) is 1. The fourth-order valence-electron chi connectivity index (χ4n) is 4.88. The summed E-state index contributed by atoms with van der Waals surface area (Å²) in [6.07, 6.45) is 5.93. The Balaban J connectivity index is 1.50. The summed E-state index contributed by atoms with van der Waals surface area (Å²) in [4.78, 5) is 14.2. The molecule has 1 aromatic rings. The molecule has 1 aromatic carbocycles. The summed E-state index contributed by atoms with van der Waals surface area (Å²) in [5, 5.41) is 13.3. The lowest BCUT2D eigenvalue weighted by atomic mass is 9.79. The van der Waals surface area contributed by atoms with Crippen LogP contribution in [-0.2, 0) is 6.42 Å². The number of carboxylic acids is 1. The van der Waals surface area contributed by atoms with Crippen molar-refractivity contribution in [3.05, 3.63) is 34.9 Å². The van der Waals surface area contributed by atoms with E-state index in [1.807, 2.05) is 6.07 Å². The van der Waals surface area contributed by atoms with Crippen LogP contribution in [0, 0.1) is 5.92 Å². The van der Waals surface area contributed by atoms with Gasteiger partial charge < -0.3 is 15.3 Å². The van der Waals surface area contributed by atoms with E-state index in [-0.39, 0.29) is 0 Å². The lowest BCUT2D eigenvalue weighted by Crippen LogP contribution is -2.56. The maximum atomic E-state index is 11.6. The molecule has 0 amide bonds. The molecule has 3 fully saturated rings. The molecule has 3 aliphatic heterocycles. The first kappa shape index (κ1) is 15.2. The van der Waals surface area contributed by atoms with E-state index >= 15 is 0 Å². The number of fused-ring (bicyclic) bond motifs is 4. The number of carbonyl (C=O) groups is 1. The van der Waals surface area contributed by atoms with Gasteiger partial charge in [0.1, 0.15) is 0 Å². The smallest absolute Gasteiger partial charge is 0.335 e. The highest BCUT2D eigenvalue weighted by Crippen LogP contribution is 2.35. The average Bonchev–Trinajstić information content (AvgIpc) is 2.60. The van der Waals surface area contributed by atoms with E-state index < -0.39 is 5.97 Å². The van der Waals surface area contributed by atoms with E-state index in [2.05, 4.69) is 16.3 Å². The highest BCUT2D eigenvalue weighted by atomic mass is 16.4. The molecular formula is C19H26N2O2. The van der Waals surface area contributed by atoms with E-state index in [1.165, 1.54) is 44.5 Å². The quantitative estimate of drug-likeness (QED) is 0.896. The third kappa shape index (κ3) is 2.90. The van der Waals surface area contributed by atoms with Gasteiger partial charge in [-0.3, -0.25) is 0 Å². The number of rotatable bonds is 4. The SMILES string of the molecule is O=C(O)c1cccc2c1[C@H](CN[C@H]1CN3CCC1CC3)CCC2. The Morgan fingerprint density at radius 3 is 2.78 bits per heavy atom. The Kier molecular flexibility index (Phi) is 4.12. The largest absolute Gasteiger partial charge is 0.478 e. The van der Waals surface area contributed by atoms with Crippen molar-refractivity contribution >= 4 is 5.97 Å². The molecule has 0 unspecified atom stereocenters. The third-order valence-corrected chi connectivity index (χ3v) is 6.12. The van der Waals surface area contributed by atoms with Gasteiger partial charge in [-0.1, -0.05) is 12.1 Å². The van der Waals surface area contributed by atoms with E-state index in [0.717, 1.165) is 30.9 Å². The summed E-state index contributed by atoms with van der Waals surface area (Å²) in [6.45, 7) is 4.62. The van der Waals surface area contributed by atoms with Gasteiger partial charge >= 0.3 is 5.97 Å². The van der Waals surface area contributed by atoms with Crippen LogP contribution in [-0.4, -0.2) is 48.2 Å². The maximum Gasteiger partial charge on any atom is 0.335 e. The van der Waals surface area contributed by atoms with Crippen LogP contribution in [0.2, 0.25) is 0 Å². The number of piperidine rings is 3. The zero-order valence-corrected chi connectivity index (χ0v) is 13.6. The van der Waals surface area contributed by atoms with E-state index in [0.29, 0.717) is 17.5 Å². The van der Waals surface area contributed by atoms with Gasteiger partial charge in [0.15, 0.2) is 0 Å². The first-order valence-corrected chi connectivity index (χ1v) is 9.03. The Bertz CT molecular complexity index is 593. The van der Waals surface area contributed by atoms with Gasteiger partial charge in [-0.15, -0.1) is 0 Å². The first-order valence-electron chi connectivity index (χ1n) is 9.03. The molecule has 0 aromatic heterocycles. The fourth-order valence-corrected chi connectivity index (χ4v) is 4.88. The first-order chi connectivity index (χ1) is 11.2. The summed E-state index contributed by atoms with van der Waals surface area (Å²) in [5.74, 6) is 0.385. The number of aryl methyl sites for hydroxylation is 1. The predicted molar refractivity (Wildman–Crippen MR) is 90.0 cm³/mol. The van der Waals surface area contributed by atoms with Crippen molar-refractivity contribution in [3.8, 4) is 0 Å². The average molecular weight is 314 g/mol. The Labute approximate surface area is 137 Å². The topological polar surface area (TPSA) is 52.6 Å². The van der Waals surface area contributed by atoms with Crippen LogP contribution in [0.15, 0.2) is 18.2 Å². The molecule has 0 spiro atoms. The number of hydrogen-bond donors (Lipinski definition) is 2. The Morgan fingerprint density at radius 1 is 1.26 bits per heavy atom. The second kappa shape index (κ2) is 6.25. The number of aromatic carboxylic acids is 1. The molecular weight excluding hydrogens is 288 g/mol. The summed E-state index contributed by atoms with van der Waals surface area (Å²) >= 11 is 0. The van der Waals surface area contributed by atoms with Crippen LogP contribution in [0.1, 0.15) is 53.1 Å². The molecule has 0 radical (unpaired) electrons. The van der Waals surface area contributed by atoms with Gasteiger partial charge in [0, 0.05) is 19.1 Å². The molecule has 4 heteroatoms. The number of carboxylic acid groups (broad SMARTS) is 1. The van der Waals surface area contributed by atoms with Crippen LogP contribution in [0.3, 0.4) is 0 Å². The lowest BCUT2D eigenvalue weighted by molar-refractivity contribution is 0.0690. The van der Waals surface area contributed by atoms with Crippen LogP contribution in [0.5, 0.6) is 0 Å². The second-order valence-corrected chi connectivity index (χ2v) is 7.43. The maximum absolute atomic E-state index is 11.6. The van der Waals surface area contributed by atoms with Crippen LogP contribution >= 0.6 is 0 Å². The normalized spacial score (nSPS) is 32.5. The molecule has 1 aliphatic carbocycles. The Hall–Kier alpha value is -1.39. The summed E-state index contributed by atoms with van der Waals surface area (Å²) in [5.41, 5.74) is 2.86. The van der Waals surface area contributed by atoms with E-state index in [9.17, 15) is 9.90 Å². The van der Waals surface area contributed by atoms with Crippen molar-refractivity contribution in [2.24, 2.45) is 5.92 Å². The van der Waals surface area contributed by atoms with Gasteiger partial charge in [-0.2, -0.15) is 0 Å². The summed E-state index contributed by atoms with van der Waals surface area (Å²) < 4.78 is 0. The number of nitrogens with zero attached hydrogens (tertiary/aromatic N) is 1. The van der Waals surface area contributed by atoms with Crippen molar-refractivity contribution in [2.45, 2.75) is 44.1 Å². The molecule has 2 atom stereocenters. The number of hydrogen-bond acceptors (Lipinski definition) is 3. The minimum Gasteiger partial charge on any atom is -0.478 e. The van der Waals surface area contributed by atoms with Crippen LogP contribution < -0.4 is 5.32 Å². The van der Waals surface area contributed by atoms with Crippen molar-refractivity contribution in [1.82, 2.24) is 10.2 Å². The van der Waals surface area contributed by atoms with Crippen LogP contribution in [0.4, 0.5) is 0 Å². The minimum atomic E-state index is -0.781. The monoisotopic (exact) mass is 314 g/mol. The summed E-state index contributed by atoms with van der Waals surface area (Å²) in [7, 11) is 0. The summed E-state index contributed by atoms with van der Waals surface area (Å²) in [6, 6.07) is 6.38. The molecule has 124 valence electrons. The van der Waals surface area contributed by atoms with Crippen molar-refractivity contribution in [2.75, 3.05) is 26.2 Å². The molecule has 2 bridgehead atoms.